The average Bonchev–Trinajstić information content (AvgIpc) is 2.64. The summed E-state index contributed by atoms with van der Waals surface area (Å²) < 4.78 is 10.9. The molecule has 0 saturated heterocycles. The van der Waals surface area contributed by atoms with E-state index in [0.717, 1.165) is 19.5 Å². The Morgan fingerprint density at radius 3 is 2.56 bits per heavy atom. The van der Waals surface area contributed by atoms with Crippen molar-refractivity contribution in [3.63, 3.8) is 0 Å². The highest BCUT2D eigenvalue weighted by Crippen LogP contribution is 2.17. The highest BCUT2D eigenvalue weighted by Gasteiger charge is 2.14. The summed E-state index contributed by atoms with van der Waals surface area (Å²) in [5.41, 5.74) is 3.81. The molecule has 0 unspecified atom stereocenters. The Kier molecular flexibility index (Phi) is 9.08. The van der Waals surface area contributed by atoms with E-state index in [4.69, 9.17) is 21.1 Å². The second kappa shape index (κ2) is 11.3. The smallest absolute Gasteiger partial charge is 0.119 e. The van der Waals surface area contributed by atoms with Gasteiger partial charge in [-0.1, -0.05) is 35.4 Å². The van der Waals surface area contributed by atoms with Gasteiger partial charge >= 0.3 is 0 Å². The van der Waals surface area contributed by atoms with E-state index in [-0.39, 0.29) is 6.61 Å². The lowest BCUT2D eigenvalue weighted by Crippen LogP contribution is -2.36. The molecule has 2 rings (SSSR count). The van der Waals surface area contributed by atoms with E-state index >= 15 is 0 Å². The van der Waals surface area contributed by atoms with Crippen molar-refractivity contribution in [2.24, 2.45) is 0 Å². The normalized spacial score (nSPS) is 12.4. The minimum Gasteiger partial charge on any atom is -0.491 e. The van der Waals surface area contributed by atoms with E-state index in [1.165, 1.54) is 16.7 Å². The summed E-state index contributed by atoms with van der Waals surface area (Å²) >= 11 is 5.88. The van der Waals surface area contributed by atoms with Crippen LogP contribution in [0.25, 0.3) is 0 Å². The number of hydrogen-bond donors (Lipinski definition) is 1. The molecule has 1 atom stereocenters. The fourth-order valence-electron chi connectivity index (χ4n) is 2.95. The van der Waals surface area contributed by atoms with Gasteiger partial charge in [-0.25, -0.2) is 0 Å². The standard InChI is InChI=1S/C22H30ClNO3/c1-17-5-6-18(2)19(13-17)14-24(11-4-12-26-3)15-21(25)16-27-22-9-7-20(23)8-10-22/h5-10,13,21,25H,4,11-12,14-16H2,1-3H3/t21-/m0/s1. The third-order valence-electron chi connectivity index (χ3n) is 4.45. The van der Waals surface area contributed by atoms with Gasteiger partial charge in [-0.15, -0.1) is 0 Å². The van der Waals surface area contributed by atoms with Crippen LogP contribution in [0.1, 0.15) is 23.1 Å². The molecule has 0 bridgehead atoms. The largest absolute Gasteiger partial charge is 0.491 e. The van der Waals surface area contributed by atoms with Gasteiger partial charge in [0.15, 0.2) is 0 Å². The molecule has 5 heteroatoms. The van der Waals surface area contributed by atoms with E-state index in [0.29, 0.717) is 23.9 Å². The minimum atomic E-state index is -0.576. The number of benzene rings is 2. The maximum absolute atomic E-state index is 10.5. The second-order valence-electron chi connectivity index (χ2n) is 6.93. The fourth-order valence-corrected chi connectivity index (χ4v) is 3.08. The molecular weight excluding hydrogens is 362 g/mol. The van der Waals surface area contributed by atoms with Crippen LogP contribution < -0.4 is 4.74 Å². The van der Waals surface area contributed by atoms with Crippen LogP contribution in [0.15, 0.2) is 42.5 Å². The van der Waals surface area contributed by atoms with Crippen molar-refractivity contribution >= 4 is 11.6 Å². The molecule has 0 heterocycles. The summed E-state index contributed by atoms with van der Waals surface area (Å²) in [6.07, 6.45) is 0.347. The lowest BCUT2D eigenvalue weighted by Gasteiger charge is -2.26. The molecule has 0 aliphatic heterocycles. The zero-order chi connectivity index (χ0) is 19.6. The molecule has 2 aromatic rings. The second-order valence-corrected chi connectivity index (χ2v) is 7.37. The molecule has 1 N–H and O–H groups in total. The van der Waals surface area contributed by atoms with Crippen LogP contribution in [0, 0.1) is 13.8 Å². The predicted octanol–water partition coefficient (Wildman–Crippen LogP) is 4.24. The Morgan fingerprint density at radius 1 is 1.11 bits per heavy atom. The van der Waals surface area contributed by atoms with E-state index in [1.807, 2.05) is 12.1 Å². The molecule has 0 aromatic heterocycles. The third-order valence-corrected chi connectivity index (χ3v) is 4.70. The van der Waals surface area contributed by atoms with Gasteiger partial charge in [0.1, 0.15) is 18.5 Å². The van der Waals surface area contributed by atoms with E-state index in [1.54, 1.807) is 19.2 Å². The van der Waals surface area contributed by atoms with Gasteiger partial charge in [-0.3, -0.25) is 4.90 Å². The van der Waals surface area contributed by atoms with Gasteiger partial charge in [-0.2, -0.15) is 0 Å². The monoisotopic (exact) mass is 391 g/mol. The number of methoxy groups -OCH3 is 1. The van der Waals surface area contributed by atoms with Crippen molar-refractivity contribution in [1.82, 2.24) is 4.90 Å². The molecule has 0 fully saturated rings. The molecule has 0 radical (unpaired) electrons. The van der Waals surface area contributed by atoms with Crippen molar-refractivity contribution in [2.45, 2.75) is 32.9 Å². The summed E-state index contributed by atoms with van der Waals surface area (Å²) in [5.74, 6) is 0.707. The van der Waals surface area contributed by atoms with Gasteiger partial charge in [-0.05, 0) is 55.7 Å². The predicted molar refractivity (Wildman–Crippen MR) is 111 cm³/mol. The Balaban J connectivity index is 1.93. The lowest BCUT2D eigenvalue weighted by atomic mass is 10.0. The average molecular weight is 392 g/mol. The van der Waals surface area contributed by atoms with Crippen LogP contribution in [0.2, 0.25) is 5.02 Å². The summed E-state index contributed by atoms with van der Waals surface area (Å²) in [7, 11) is 1.71. The number of halogens is 1. The molecule has 4 nitrogen and oxygen atoms in total. The summed E-state index contributed by atoms with van der Waals surface area (Å²) in [4.78, 5) is 2.26. The van der Waals surface area contributed by atoms with Crippen molar-refractivity contribution < 1.29 is 14.6 Å². The van der Waals surface area contributed by atoms with Crippen molar-refractivity contribution in [3.8, 4) is 5.75 Å². The summed E-state index contributed by atoms with van der Waals surface area (Å²) in [5, 5.41) is 11.1. The first kappa shape index (κ1) is 21.7. The lowest BCUT2D eigenvalue weighted by molar-refractivity contribution is 0.0617. The third kappa shape index (κ3) is 7.89. The molecule has 0 amide bonds. The van der Waals surface area contributed by atoms with Crippen molar-refractivity contribution in [3.05, 3.63) is 64.2 Å². The number of hydrogen-bond acceptors (Lipinski definition) is 4. The number of aliphatic hydroxyl groups excluding tert-OH is 1. The first-order valence-electron chi connectivity index (χ1n) is 9.32. The molecule has 27 heavy (non-hydrogen) atoms. The van der Waals surface area contributed by atoms with Crippen LogP contribution in [0.5, 0.6) is 5.75 Å². The molecule has 148 valence electrons. The molecule has 0 spiro atoms. The molecule has 2 aromatic carbocycles. The van der Waals surface area contributed by atoms with Crippen LogP contribution in [0.4, 0.5) is 0 Å². The molecular formula is C22H30ClNO3. The van der Waals surface area contributed by atoms with Crippen LogP contribution in [-0.4, -0.2) is 49.5 Å². The zero-order valence-electron chi connectivity index (χ0n) is 16.5. The maximum Gasteiger partial charge on any atom is 0.119 e. The number of aliphatic hydroxyl groups is 1. The van der Waals surface area contributed by atoms with Gasteiger partial charge in [0.25, 0.3) is 0 Å². The summed E-state index contributed by atoms with van der Waals surface area (Å²) in [6, 6.07) is 13.7. The highest BCUT2D eigenvalue weighted by atomic mass is 35.5. The number of aryl methyl sites for hydroxylation is 2. The topological polar surface area (TPSA) is 41.9 Å². The van der Waals surface area contributed by atoms with Gasteiger partial charge < -0.3 is 14.6 Å². The number of rotatable bonds is 11. The summed E-state index contributed by atoms with van der Waals surface area (Å²) in [6.45, 7) is 7.39. The quantitative estimate of drug-likeness (QED) is 0.582. The SMILES string of the molecule is COCCCN(Cc1cc(C)ccc1C)C[C@H](O)COc1ccc(Cl)cc1. The zero-order valence-corrected chi connectivity index (χ0v) is 17.2. The first-order chi connectivity index (χ1) is 13.0. The Hall–Kier alpha value is -1.59. The van der Waals surface area contributed by atoms with Gasteiger partial charge in [0.2, 0.25) is 0 Å². The van der Waals surface area contributed by atoms with E-state index in [2.05, 4.69) is 36.9 Å². The number of nitrogens with zero attached hydrogens (tertiary/aromatic N) is 1. The Morgan fingerprint density at radius 2 is 1.85 bits per heavy atom. The fraction of sp³-hybridized carbons (Fsp3) is 0.455. The van der Waals surface area contributed by atoms with E-state index in [9.17, 15) is 5.11 Å². The minimum absolute atomic E-state index is 0.245. The molecule has 0 aliphatic rings. The first-order valence-corrected chi connectivity index (χ1v) is 9.69. The van der Waals surface area contributed by atoms with Crippen LogP contribution in [0.3, 0.4) is 0 Å². The van der Waals surface area contributed by atoms with Crippen LogP contribution >= 0.6 is 11.6 Å². The highest BCUT2D eigenvalue weighted by molar-refractivity contribution is 6.30. The van der Waals surface area contributed by atoms with Crippen molar-refractivity contribution in [2.75, 3.05) is 33.4 Å². The molecule has 0 saturated carbocycles. The maximum atomic E-state index is 10.5. The van der Waals surface area contributed by atoms with Gasteiger partial charge in [0, 0.05) is 38.4 Å². The molecule has 0 aliphatic carbocycles. The van der Waals surface area contributed by atoms with Gasteiger partial charge in [0.05, 0.1) is 0 Å². The van der Waals surface area contributed by atoms with Crippen molar-refractivity contribution in [1.29, 1.82) is 0 Å². The number of ether oxygens (including phenoxy) is 2. The van der Waals surface area contributed by atoms with Crippen LogP contribution in [-0.2, 0) is 11.3 Å². The Bertz CT molecular complexity index is 690. The van der Waals surface area contributed by atoms with E-state index < -0.39 is 6.10 Å². The Labute approximate surface area is 167 Å².